The maximum atomic E-state index is 12.1. The molecule has 4 nitrogen and oxygen atoms in total. The Morgan fingerprint density at radius 1 is 1.00 bits per heavy atom. The van der Waals surface area contributed by atoms with Crippen LogP contribution in [-0.4, -0.2) is 18.5 Å². The summed E-state index contributed by atoms with van der Waals surface area (Å²) in [6, 6.07) is 17.4. The summed E-state index contributed by atoms with van der Waals surface area (Å²) in [5, 5.41) is 2.85. The van der Waals surface area contributed by atoms with Gasteiger partial charge in [-0.15, -0.1) is 0 Å². The first kappa shape index (κ1) is 20.4. The van der Waals surface area contributed by atoms with Crippen molar-refractivity contribution in [3.05, 3.63) is 83.6 Å². The van der Waals surface area contributed by atoms with Gasteiger partial charge in [-0.05, 0) is 30.2 Å². The summed E-state index contributed by atoms with van der Waals surface area (Å²) in [6.45, 7) is 7.76. The predicted molar refractivity (Wildman–Crippen MR) is 107 cm³/mol. The molecule has 4 heteroatoms. The molecule has 1 amide bonds. The lowest BCUT2D eigenvalue weighted by molar-refractivity contribution is -0.127. The molecule has 0 spiro atoms. The summed E-state index contributed by atoms with van der Waals surface area (Å²) in [5.74, 6) is -0.403. The first-order valence-electron chi connectivity index (χ1n) is 9.12. The topological polar surface area (TPSA) is 55.4 Å². The number of rotatable bonds is 6. The van der Waals surface area contributed by atoms with Crippen molar-refractivity contribution in [1.82, 2.24) is 5.32 Å². The highest BCUT2D eigenvalue weighted by molar-refractivity contribution is 5.89. The van der Waals surface area contributed by atoms with E-state index in [4.69, 9.17) is 4.74 Å². The number of carbonyl (C=O) groups excluding carboxylic acids is 2. The summed E-state index contributed by atoms with van der Waals surface area (Å²) >= 11 is 0. The second-order valence-corrected chi connectivity index (χ2v) is 7.31. The third-order valence-electron chi connectivity index (χ3n) is 4.12. The molecule has 2 aromatic carbocycles. The van der Waals surface area contributed by atoms with Crippen LogP contribution >= 0.6 is 0 Å². The second kappa shape index (κ2) is 9.17. The van der Waals surface area contributed by atoms with E-state index in [9.17, 15) is 9.59 Å². The van der Waals surface area contributed by atoms with Gasteiger partial charge in [-0.1, -0.05) is 69.3 Å². The highest BCUT2D eigenvalue weighted by Gasteiger charge is 2.20. The van der Waals surface area contributed by atoms with Crippen LogP contribution in [0.2, 0.25) is 0 Å². The number of nitrogens with one attached hydrogen (secondary N) is 1. The van der Waals surface area contributed by atoms with Crippen molar-refractivity contribution in [2.24, 2.45) is 5.41 Å². The summed E-state index contributed by atoms with van der Waals surface area (Å²) in [6.07, 6.45) is 3.66. The molecule has 0 saturated carbocycles. The second-order valence-electron chi connectivity index (χ2n) is 7.31. The summed E-state index contributed by atoms with van der Waals surface area (Å²) in [7, 11) is 0. The Kier molecular flexibility index (Phi) is 6.94. The van der Waals surface area contributed by atoms with Crippen LogP contribution in [0.5, 0.6) is 0 Å². The minimum absolute atomic E-state index is 0.0387. The minimum Gasteiger partial charge on any atom is -0.462 e. The third kappa shape index (κ3) is 5.81. The van der Waals surface area contributed by atoms with Gasteiger partial charge in [-0.25, -0.2) is 4.79 Å². The van der Waals surface area contributed by atoms with Crippen molar-refractivity contribution in [3.63, 3.8) is 0 Å². The zero-order valence-electron chi connectivity index (χ0n) is 16.4. The Morgan fingerprint density at radius 2 is 1.59 bits per heavy atom. The van der Waals surface area contributed by atoms with Crippen molar-refractivity contribution in [2.45, 2.75) is 33.6 Å². The van der Waals surface area contributed by atoms with Gasteiger partial charge < -0.3 is 10.1 Å². The minimum atomic E-state index is -0.451. The Bertz CT molecular complexity index is 787. The van der Waals surface area contributed by atoms with Crippen molar-refractivity contribution >= 4 is 11.9 Å². The molecule has 27 heavy (non-hydrogen) atoms. The molecule has 142 valence electrons. The Balaban J connectivity index is 2.26. The number of ether oxygens (including phenoxy) is 1. The number of carbonyl (C=O) groups is 2. The van der Waals surface area contributed by atoms with Crippen LogP contribution in [0.15, 0.2) is 66.9 Å². The predicted octanol–water partition coefficient (Wildman–Crippen LogP) is 4.67. The zero-order chi connectivity index (χ0) is 19.9. The number of allylic oxidation sites excluding steroid dienone is 1. The molecule has 2 aromatic rings. The smallest absolute Gasteiger partial charge is 0.338 e. The van der Waals surface area contributed by atoms with E-state index in [1.807, 2.05) is 69.3 Å². The number of esters is 1. The number of amides is 1. The highest BCUT2D eigenvalue weighted by atomic mass is 16.5. The van der Waals surface area contributed by atoms with Crippen LogP contribution in [0.4, 0.5) is 0 Å². The number of benzene rings is 2. The summed E-state index contributed by atoms with van der Waals surface area (Å²) in [4.78, 5) is 23.9. The molecule has 2 rings (SSSR count). The Hall–Kier alpha value is -2.88. The molecule has 0 aliphatic rings. The average Bonchev–Trinajstić information content (AvgIpc) is 2.65. The van der Waals surface area contributed by atoms with E-state index in [1.54, 1.807) is 25.3 Å². The van der Waals surface area contributed by atoms with E-state index >= 15 is 0 Å². The maximum Gasteiger partial charge on any atom is 0.338 e. The van der Waals surface area contributed by atoms with Gasteiger partial charge in [0, 0.05) is 17.5 Å². The summed E-state index contributed by atoms with van der Waals surface area (Å²) < 4.78 is 5.04. The lowest BCUT2D eigenvalue weighted by atomic mass is 9.90. The van der Waals surface area contributed by atoms with E-state index in [0.717, 1.165) is 11.1 Å². The van der Waals surface area contributed by atoms with E-state index in [1.165, 1.54) is 0 Å². The fourth-order valence-corrected chi connectivity index (χ4v) is 2.55. The number of hydrogen-bond donors (Lipinski definition) is 1. The molecule has 0 heterocycles. The molecule has 1 atom stereocenters. The van der Waals surface area contributed by atoms with Gasteiger partial charge in [0.25, 0.3) is 0 Å². The van der Waals surface area contributed by atoms with Gasteiger partial charge in [-0.2, -0.15) is 0 Å². The van der Waals surface area contributed by atoms with Crippen molar-refractivity contribution < 1.29 is 14.3 Å². The molecule has 0 aliphatic carbocycles. The van der Waals surface area contributed by atoms with Crippen LogP contribution < -0.4 is 5.32 Å². The Morgan fingerprint density at radius 3 is 2.15 bits per heavy atom. The Labute approximate surface area is 161 Å². The van der Waals surface area contributed by atoms with E-state index in [2.05, 4.69) is 5.32 Å². The van der Waals surface area contributed by atoms with Crippen LogP contribution in [0.1, 0.15) is 55.1 Å². The standard InChI is InChI=1S/C23H27NO3/c1-5-27-21(25)19-13-11-18(12-14-19)20(17-9-7-6-8-10-17)15-16-24-22(26)23(2,3)4/h6-16,20H,5H2,1-4H3,(H,24,26)/b16-15-. The van der Waals surface area contributed by atoms with Crippen LogP contribution in [-0.2, 0) is 9.53 Å². The lowest BCUT2D eigenvalue weighted by Crippen LogP contribution is -2.31. The van der Waals surface area contributed by atoms with Gasteiger partial charge in [-0.3, -0.25) is 4.79 Å². The normalized spacial score (nSPS) is 12.6. The molecule has 1 unspecified atom stereocenters. The molecule has 0 fully saturated rings. The van der Waals surface area contributed by atoms with Crippen LogP contribution in [0.25, 0.3) is 0 Å². The van der Waals surface area contributed by atoms with Gasteiger partial charge >= 0.3 is 5.97 Å². The largest absolute Gasteiger partial charge is 0.462 e. The number of hydrogen-bond acceptors (Lipinski definition) is 3. The third-order valence-corrected chi connectivity index (χ3v) is 4.12. The monoisotopic (exact) mass is 365 g/mol. The van der Waals surface area contributed by atoms with Gasteiger partial charge in [0.2, 0.25) is 5.91 Å². The molecule has 0 aliphatic heterocycles. The summed E-state index contributed by atoms with van der Waals surface area (Å²) in [5.41, 5.74) is 2.20. The molecule has 0 saturated heterocycles. The quantitative estimate of drug-likeness (QED) is 0.757. The first-order chi connectivity index (χ1) is 12.8. The van der Waals surface area contributed by atoms with Crippen LogP contribution in [0, 0.1) is 5.41 Å². The van der Waals surface area contributed by atoms with Crippen molar-refractivity contribution in [3.8, 4) is 0 Å². The SMILES string of the molecule is CCOC(=O)c1ccc(C(/C=C\NC(=O)C(C)(C)C)c2ccccc2)cc1. The molecule has 0 aromatic heterocycles. The fraction of sp³-hybridized carbons (Fsp3) is 0.304. The van der Waals surface area contributed by atoms with Gasteiger partial charge in [0.15, 0.2) is 0 Å². The molecular weight excluding hydrogens is 338 g/mol. The molecule has 0 bridgehead atoms. The molecule has 0 radical (unpaired) electrons. The lowest BCUT2D eigenvalue weighted by Gasteiger charge is -2.17. The van der Waals surface area contributed by atoms with Gasteiger partial charge in [0.05, 0.1) is 12.2 Å². The van der Waals surface area contributed by atoms with E-state index < -0.39 is 5.41 Å². The maximum absolute atomic E-state index is 12.1. The van der Waals surface area contributed by atoms with Crippen LogP contribution in [0.3, 0.4) is 0 Å². The highest BCUT2D eigenvalue weighted by Crippen LogP contribution is 2.26. The molecular formula is C23H27NO3. The van der Waals surface area contributed by atoms with E-state index in [-0.39, 0.29) is 17.8 Å². The van der Waals surface area contributed by atoms with Crippen molar-refractivity contribution in [2.75, 3.05) is 6.61 Å². The first-order valence-corrected chi connectivity index (χ1v) is 9.12. The van der Waals surface area contributed by atoms with Crippen molar-refractivity contribution in [1.29, 1.82) is 0 Å². The average molecular weight is 365 g/mol. The zero-order valence-corrected chi connectivity index (χ0v) is 16.4. The molecule has 1 N–H and O–H groups in total. The van der Waals surface area contributed by atoms with E-state index in [0.29, 0.717) is 12.2 Å². The van der Waals surface area contributed by atoms with Gasteiger partial charge in [0.1, 0.15) is 0 Å². The fourth-order valence-electron chi connectivity index (χ4n) is 2.55.